The lowest BCUT2D eigenvalue weighted by atomic mass is 9.89. The predicted molar refractivity (Wildman–Crippen MR) is 102 cm³/mol. The molecule has 0 radical (unpaired) electrons. The molecule has 3 unspecified atom stereocenters. The van der Waals surface area contributed by atoms with Gasteiger partial charge in [-0.2, -0.15) is 5.10 Å². The maximum Gasteiger partial charge on any atom is 0.308 e. The molecule has 0 saturated carbocycles. The van der Waals surface area contributed by atoms with Crippen molar-refractivity contribution >= 4 is 11.9 Å². The zero-order valence-corrected chi connectivity index (χ0v) is 16.3. The Bertz CT molecular complexity index is 844. The fourth-order valence-electron chi connectivity index (χ4n) is 4.09. The Morgan fingerprint density at radius 1 is 1.22 bits per heavy atom. The highest BCUT2D eigenvalue weighted by atomic mass is 16.4. The first-order valence-electron chi connectivity index (χ1n) is 9.35. The molecule has 1 amide bonds. The summed E-state index contributed by atoms with van der Waals surface area (Å²) in [6.45, 7) is 6.60. The number of rotatable bonds is 5. The number of hydrogen-bond acceptors (Lipinski definition) is 3. The van der Waals surface area contributed by atoms with Gasteiger partial charge in [-0.1, -0.05) is 37.3 Å². The molecule has 3 rings (SSSR count). The molecule has 6 heteroatoms. The van der Waals surface area contributed by atoms with Crippen LogP contribution in [-0.2, 0) is 23.1 Å². The van der Waals surface area contributed by atoms with Crippen LogP contribution in [0.3, 0.4) is 0 Å². The van der Waals surface area contributed by atoms with E-state index in [1.165, 1.54) is 0 Å². The highest BCUT2D eigenvalue weighted by molar-refractivity contribution is 5.81. The van der Waals surface area contributed by atoms with E-state index < -0.39 is 11.9 Å². The topological polar surface area (TPSA) is 75.4 Å². The third kappa shape index (κ3) is 3.75. The standard InChI is InChI=1S/C21H27N3O3/c1-13(10-17-14(2)22-23(4)15(17)3)20(25)24-11-18(19(12-24)21(26)27)16-8-6-5-7-9-16/h5-9,13,18-19H,10-12H2,1-4H3,(H,26,27). The van der Waals surface area contributed by atoms with Crippen LogP contribution in [0.2, 0.25) is 0 Å². The summed E-state index contributed by atoms with van der Waals surface area (Å²) in [5.41, 5.74) is 4.10. The summed E-state index contributed by atoms with van der Waals surface area (Å²) < 4.78 is 1.84. The minimum Gasteiger partial charge on any atom is -0.481 e. The van der Waals surface area contributed by atoms with Crippen LogP contribution >= 0.6 is 0 Å². The number of benzene rings is 1. The van der Waals surface area contributed by atoms with Gasteiger partial charge in [0.05, 0.1) is 11.6 Å². The van der Waals surface area contributed by atoms with E-state index in [0.717, 1.165) is 22.5 Å². The van der Waals surface area contributed by atoms with Gasteiger partial charge < -0.3 is 10.0 Å². The molecule has 0 bridgehead atoms. The van der Waals surface area contributed by atoms with Gasteiger partial charge >= 0.3 is 5.97 Å². The van der Waals surface area contributed by atoms with Gasteiger partial charge in [0.25, 0.3) is 0 Å². The van der Waals surface area contributed by atoms with E-state index >= 15 is 0 Å². The average Bonchev–Trinajstić information content (AvgIpc) is 3.19. The molecule has 3 atom stereocenters. The Labute approximate surface area is 159 Å². The van der Waals surface area contributed by atoms with Crippen molar-refractivity contribution < 1.29 is 14.7 Å². The fourth-order valence-corrected chi connectivity index (χ4v) is 4.09. The van der Waals surface area contributed by atoms with Crippen molar-refractivity contribution in [2.75, 3.05) is 13.1 Å². The molecule has 0 spiro atoms. The largest absolute Gasteiger partial charge is 0.481 e. The highest BCUT2D eigenvalue weighted by Crippen LogP contribution is 2.34. The Hall–Kier alpha value is -2.63. The van der Waals surface area contributed by atoms with Gasteiger partial charge in [-0.25, -0.2) is 0 Å². The van der Waals surface area contributed by atoms with E-state index in [4.69, 9.17) is 0 Å². The van der Waals surface area contributed by atoms with Crippen molar-refractivity contribution in [2.24, 2.45) is 18.9 Å². The summed E-state index contributed by atoms with van der Waals surface area (Å²) in [5.74, 6) is -1.77. The Morgan fingerprint density at radius 3 is 2.44 bits per heavy atom. The summed E-state index contributed by atoms with van der Waals surface area (Å²) >= 11 is 0. The SMILES string of the molecule is Cc1nn(C)c(C)c1CC(C)C(=O)N1CC(C(=O)O)C(c2ccccc2)C1. The first-order chi connectivity index (χ1) is 12.8. The minimum absolute atomic E-state index is 0.0161. The average molecular weight is 369 g/mol. The fraction of sp³-hybridized carbons (Fsp3) is 0.476. The number of aryl methyl sites for hydroxylation is 2. The van der Waals surface area contributed by atoms with Crippen molar-refractivity contribution in [1.29, 1.82) is 0 Å². The summed E-state index contributed by atoms with van der Waals surface area (Å²) in [5, 5.41) is 14.1. The van der Waals surface area contributed by atoms with Gasteiger partial charge in [0.15, 0.2) is 0 Å². The molecular formula is C21H27N3O3. The molecule has 1 saturated heterocycles. The van der Waals surface area contributed by atoms with Crippen LogP contribution < -0.4 is 0 Å². The molecule has 2 heterocycles. The zero-order valence-electron chi connectivity index (χ0n) is 16.3. The molecular weight excluding hydrogens is 342 g/mol. The minimum atomic E-state index is -0.842. The number of carboxylic acids is 1. The van der Waals surface area contributed by atoms with Crippen molar-refractivity contribution in [3.05, 3.63) is 52.8 Å². The van der Waals surface area contributed by atoms with Crippen LogP contribution in [0.25, 0.3) is 0 Å². The van der Waals surface area contributed by atoms with Gasteiger partial charge in [-0.3, -0.25) is 14.3 Å². The first kappa shape index (κ1) is 19.1. The summed E-state index contributed by atoms with van der Waals surface area (Å²) in [4.78, 5) is 26.5. The number of aliphatic carboxylic acids is 1. The maximum absolute atomic E-state index is 13.0. The molecule has 27 heavy (non-hydrogen) atoms. The van der Waals surface area contributed by atoms with E-state index in [9.17, 15) is 14.7 Å². The Morgan fingerprint density at radius 2 is 1.89 bits per heavy atom. The van der Waals surface area contributed by atoms with Crippen LogP contribution in [0.1, 0.15) is 35.4 Å². The lowest BCUT2D eigenvalue weighted by molar-refractivity contribution is -0.142. The second kappa shape index (κ2) is 7.55. The summed E-state index contributed by atoms with van der Waals surface area (Å²) in [6.07, 6.45) is 0.620. The Balaban J connectivity index is 1.75. The van der Waals surface area contributed by atoms with E-state index in [-0.39, 0.29) is 24.3 Å². The van der Waals surface area contributed by atoms with Crippen LogP contribution in [0.5, 0.6) is 0 Å². The number of nitrogens with zero attached hydrogens (tertiary/aromatic N) is 3. The van der Waals surface area contributed by atoms with Crippen LogP contribution in [-0.4, -0.2) is 44.8 Å². The summed E-state index contributed by atoms with van der Waals surface area (Å²) in [6, 6.07) is 9.63. The van der Waals surface area contributed by atoms with E-state index in [2.05, 4.69) is 5.10 Å². The van der Waals surface area contributed by atoms with Gasteiger partial charge in [0.1, 0.15) is 0 Å². The number of carbonyl (C=O) groups excluding carboxylic acids is 1. The van der Waals surface area contributed by atoms with Crippen molar-refractivity contribution in [3.8, 4) is 0 Å². The van der Waals surface area contributed by atoms with E-state index in [1.54, 1.807) is 4.90 Å². The third-order valence-corrected chi connectivity index (χ3v) is 5.77. The highest BCUT2D eigenvalue weighted by Gasteiger charge is 2.41. The first-order valence-corrected chi connectivity index (χ1v) is 9.35. The number of likely N-dealkylation sites (tertiary alicyclic amines) is 1. The molecule has 0 aliphatic carbocycles. The number of amides is 1. The lowest BCUT2D eigenvalue weighted by Crippen LogP contribution is -2.35. The quantitative estimate of drug-likeness (QED) is 0.879. The molecule has 6 nitrogen and oxygen atoms in total. The van der Waals surface area contributed by atoms with Crippen molar-refractivity contribution in [2.45, 2.75) is 33.1 Å². The normalized spacial score (nSPS) is 20.7. The number of aromatic nitrogens is 2. The van der Waals surface area contributed by atoms with E-state index in [1.807, 2.05) is 62.8 Å². The number of carboxylic acid groups (broad SMARTS) is 1. The molecule has 1 fully saturated rings. The third-order valence-electron chi connectivity index (χ3n) is 5.77. The van der Waals surface area contributed by atoms with Crippen LogP contribution in [0.15, 0.2) is 30.3 Å². The Kier molecular flexibility index (Phi) is 5.35. The van der Waals surface area contributed by atoms with E-state index in [0.29, 0.717) is 13.0 Å². The van der Waals surface area contributed by atoms with Gasteiger partial charge in [-0.05, 0) is 31.4 Å². The molecule has 144 valence electrons. The van der Waals surface area contributed by atoms with Crippen molar-refractivity contribution in [1.82, 2.24) is 14.7 Å². The molecule has 1 aromatic carbocycles. The monoisotopic (exact) mass is 369 g/mol. The lowest BCUT2D eigenvalue weighted by Gasteiger charge is -2.21. The molecule has 2 aromatic rings. The molecule has 1 aromatic heterocycles. The molecule has 1 aliphatic rings. The van der Waals surface area contributed by atoms with Crippen LogP contribution in [0.4, 0.5) is 0 Å². The number of carbonyl (C=O) groups is 2. The zero-order chi connectivity index (χ0) is 19.7. The van der Waals surface area contributed by atoms with Crippen LogP contribution in [0, 0.1) is 25.7 Å². The second-order valence-electron chi connectivity index (χ2n) is 7.58. The smallest absolute Gasteiger partial charge is 0.308 e. The van der Waals surface area contributed by atoms with Crippen molar-refractivity contribution in [3.63, 3.8) is 0 Å². The van der Waals surface area contributed by atoms with Gasteiger partial charge in [0, 0.05) is 37.7 Å². The van der Waals surface area contributed by atoms with Gasteiger partial charge in [0.2, 0.25) is 5.91 Å². The van der Waals surface area contributed by atoms with Gasteiger partial charge in [-0.15, -0.1) is 0 Å². The molecule has 1 N–H and O–H groups in total. The number of hydrogen-bond donors (Lipinski definition) is 1. The molecule has 1 aliphatic heterocycles. The summed E-state index contributed by atoms with van der Waals surface area (Å²) in [7, 11) is 1.90. The second-order valence-corrected chi connectivity index (χ2v) is 7.58. The predicted octanol–water partition coefficient (Wildman–Crippen LogP) is 2.54. The maximum atomic E-state index is 13.0.